The predicted molar refractivity (Wildman–Crippen MR) is 51.7 cm³/mol. The van der Waals surface area contributed by atoms with Crippen molar-refractivity contribution in [3.63, 3.8) is 0 Å². The van der Waals surface area contributed by atoms with Crippen LogP contribution in [0, 0.1) is 6.92 Å². The van der Waals surface area contributed by atoms with Crippen molar-refractivity contribution >= 4 is 11.3 Å². The van der Waals surface area contributed by atoms with Crippen molar-refractivity contribution in [3.8, 4) is 0 Å². The first-order valence-electron chi connectivity index (χ1n) is 4.35. The van der Waals surface area contributed by atoms with Gasteiger partial charge in [-0.15, -0.1) is 0 Å². The second kappa shape index (κ2) is 5.99. The molecule has 0 amide bonds. The van der Waals surface area contributed by atoms with Crippen LogP contribution in [0.1, 0.15) is 28.6 Å². The van der Waals surface area contributed by atoms with E-state index in [2.05, 4.69) is 0 Å². The fraction of sp³-hybridized carbons (Fsp3) is 0.667. The zero-order valence-corrected chi connectivity index (χ0v) is 11.6. The molecule has 0 saturated carbocycles. The van der Waals surface area contributed by atoms with Crippen molar-refractivity contribution in [1.82, 2.24) is 0 Å². The maximum Gasteiger partial charge on any atom is 0.266 e. The van der Waals surface area contributed by atoms with E-state index >= 15 is 0 Å². The van der Waals surface area contributed by atoms with Crippen LogP contribution in [0.2, 0.25) is 0 Å². The Morgan fingerprint density at radius 2 is 2.07 bits per heavy atom. The Morgan fingerprint density at radius 1 is 1.50 bits per heavy atom. The summed E-state index contributed by atoms with van der Waals surface area (Å²) >= 11 is 1.57. The van der Waals surface area contributed by atoms with Gasteiger partial charge in [0.1, 0.15) is 13.2 Å². The molecule has 1 aromatic heterocycles. The third-order valence-electron chi connectivity index (χ3n) is 2.16. The van der Waals surface area contributed by atoms with Gasteiger partial charge in [-0.1, -0.05) is 11.3 Å². The van der Waals surface area contributed by atoms with E-state index < -0.39 is 6.10 Å². The molecule has 3 nitrogen and oxygen atoms in total. The molecule has 1 aromatic rings. The zero-order chi connectivity index (χ0) is 10.0. The molecule has 0 fully saturated rings. The number of aliphatic hydroxyl groups excluding tert-OH is 2. The molecule has 1 unspecified atom stereocenters. The van der Waals surface area contributed by atoms with E-state index in [-0.39, 0.29) is 30.6 Å². The highest BCUT2D eigenvalue weighted by atomic mass is 127. The van der Waals surface area contributed by atoms with Gasteiger partial charge >= 0.3 is 0 Å². The molecule has 1 atom stereocenters. The zero-order valence-electron chi connectivity index (χ0n) is 8.62. The lowest BCUT2D eigenvalue weighted by atomic mass is 10.3. The first-order valence-corrected chi connectivity index (χ1v) is 5.16. The van der Waals surface area contributed by atoms with Crippen LogP contribution < -0.4 is 28.5 Å². The number of halogens is 1. The van der Waals surface area contributed by atoms with Crippen molar-refractivity contribution in [2.24, 2.45) is 7.05 Å². The third kappa shape index (κ3) is 2.88. The fourth-order valence-electron chi connectivity index (χ4n) is 1.32. The van der Waals surface area contributed by atoms with Crippen molar-refractivity contribution in [1.29, 1.82) is 0 Å². The van der Waals surface area contributed by atoms with E-state index in [1.165, 1.54) is 0 Å². The molecule has 1 rings (SSSR count). The van der Waals surface area contributed by atoms with Crippen LogP contribution >= 0.6 is 11.3 Å². The molecule has 0 aromatic carbocycles. The number of hydrogen-bond acceptors (Lipinski definition) is 3. The number of aromatic nitrogens is 1. The van der Waals surface area contributed by atoms with Gasteiger partial charge in [-0.25, -0.2) is 0 Å². The van der Waals surface area contributed by atoms with Gasteiger partial charge in [-0.2, -0.15) is 4.57 Å². The summed E-state index contributed by atoms with van der Waals surface area (Å²) in [5.41, 5.74) is 1.13. The molecule has 0 spiro atoms. The lowest BCUT2D eigenvalue weighted by Gasteiger charge is -1.94. The molecule has 0 aliphatic carbocycles. The van der Waals surface area contributed by atoms with Crippen LogP contribution in [0.3, 0.4) is 0 Å². The topological polar surface area (TPSA) is 44.3 Å². The predicted octanol–water partition coefficient (Wildman–Crippen LogP) is -2.53. The maximum absolute atomic E-state index is 9.44. The molecule has 5 heteroatoms. The number of aliphatic hydroxyl groups is 2. The summed E-state index contributed by atoms with van der Waals surface area (Å²) in [6.07, 6.45) is 0.248. The molecule has 0 aliphatic rings. The van der Waals surface area contributed by atoms with Crippen LogP contribution in [-0.4, -0.2) is 16.8 Å². The van der Waals surface area contributed by atoms with E-state index in [0.29, 0.717) is 6.42 Å². The quantitative estimate of drug-likeness (QED) is 0.475. The van der Waals surface area contributed by atoms with Crippen molar-refractivity contribution in [2.45, 2.75) is 26.4 Å². The molecule has 14 heavy (non-hydrogen) atoms. The van der Waals surface area contributed by atoms with Crippen LogP contribution in [0.25, 0.3) is 0 Å². The summed E-state index contributed by atoms with van der Waals surface area (Å²) in [6, 6.07) is 0. The fourth-order valence-corrected chi connectivity index (χ4v) is 2.49. The Hall–Kier alpha value is 0.280. The van der Waals surface area contributed by atoms with Gasteiger partial charge in [0, 0.05) is 20.0 Å². The molecule has 0 bridgehead atoms. The highest BCUT2D eigenvalue weighted by Crippen LogP contribution is 2.21. The minimum absolute atomic E-state index is 0. The van der Waals surface area contributed by atoms with Crippen molar-refractivity contribution in [2.75, 3.05) is 6.61 Å². The number of rotatable bonds is 3. The maximum atomic E-state index is 9.44. The first-order chi connectivity index (χ1) is 6.07. The van der Waals surface area contributed by atoms with Gasteiger partial charge in [0.2, 0.25) is 0 Å². The Kier molecular flexibility index (Phi) is 6.11. The normalized spacial score (nSPS) is 12.4. The molecule has 0 saturated heterocycles. The summed E-state index contributed by atoms with van der Waals surface area (Å²) in [6.45, 7) is 3.93. The Morgan fingerprint density at radius 3 is 2.43 bits per heavy atom. The summed E-state index contributed by atoms with van der Waals surface area (Å²) in [7, 11) is 1.94. The van der Waals surface area contributed by atoms with Crippen LogP contribution in [0.4, 0.5) is 0 Å². The number of hydrogen-bond donors (Lipinski definition) is 2. The van der Waals surface area contributed by atoms with E-state index in [1.54, 1.807) is 18.3 Å². The van der Waals surface area contributed by atoms with E-state index in [1.807, 2.05) is 18.5 Å². The Labute approximate surface area is 105 Å². The Balaban J connectivity index is 0.00000169. The van der Waals surface area contributed by atoms with Gasteiger partial charge in [0.15, 0.2) is 5.69 Å². The van der Waals surface area contributed by atoms with Gasteiger partial charge < -0.3 is 34.2 Å². The molecule has 82 valence electrons. The molecular formula is C9H16INO2S. The largest absolute Gasteiger partial charge is 1.00 e. The summed E-state index contributed by atoms with van der Waals surface area (Å²) < 4.78 is 1.99. The van der Waals surface area contributed by atoms with Gasteiger partial charge in [-0.05, 0) is 6.92 Å². The second-order valence-electron chi connectivity index (χ2n) is 3.16. The minimum Gasteiger partial charge on any atom is -1.00 e. The molecular weight excluding hydrogens is 313 g/mol. The standard InChI is InChI=1S/C9H16NO2S.HI/c1-6-8(4-5-11)13-9(7(2)12)10(6)3;/h7,11-12H,4-5H2,1-3H3;1H/q+1;/p-1. The highest BCUT2D eigenvalue weighted by molar-refractivity contribution is 7.11. The molecule has 2 N–H and O–H groups in total. The van der Waals surface area contributed by atoms with E-state index in [0.717, 1.165) is 15.6 Å². The lowest BCUT2D eigenvalue weighted by Crippen LogP contribution is -3.00. The van der Waals surface area contributed by atoms with Crippen LogP contribution in [0.15, 0.2) is 0 Å². The minimum atomic E-state index is -0.429. The average molecular weight is 329 g/mol. The number of thiazole rings is 1. The van der Waals surface area contributed by atoms with E-state index in [4.69, 9.17) is 5.11 Å². The first kappa shape index (κ1) is 14.3. The van der Waals surface area contributed by atoms with Crippen molar-refractivity contribution in [3.05, 3.63) is 15.6 Å². The third-order valence-corrected chi connectivity index (χ3v) is 3.73. The van der Waals surface area contributed by atoms with Crippen molar-refractivity contribution < 1.29 is 38.8 Å². The Bertz CT molecular complexity index is 299. The van der Waals surface area contributed by atoms with Gasteiger partial charge in [0.25, 0.3) is 5.01 Å². The summed E-state index contributed by atoms with van der Waals surface area (Å²) in [4.78, 5) is 1.15. The highest BCUT2D eigenvalue weighted by Gasteiger charge is 2.22. The monoisotopic (exact) mass is 329 g/mol. The lowest BCUT2D eigenvalue weighted by molar-refractivity contribution is -0.683. The van der Waals surface area contributed by atoms with Gasteiger partial charge in [-0.3, -0.25) is 0 Å². The smallest absolute Gasteiger partial charge is 0.266 e. The summed E-state index contributed by atoms with van der Waals surface area (Å²) in [5.74, 6) is 0. The SMILES string of the molecule is Cc1c(CCO)sc(C(C)O)[n+]1C.[I-]. The van der Waals surface area contributed by atoms with Crippen LogP contribution in [-0.2, 0) is 13.5 Å². The van der Waals surface area contributed by atoms with Gasteiger partial charge in [0.05, 0.1) is 4.88 Å². The summed E-state index contributed by atoms with van der Waals surface area (Å²) in [5, 5.41) is 19.2. The second-order valence-corrected chi connectivity index (χ2v) is 4.27. The molecule has 0 aliphatic heterocycles. The molecule has 0 radical (unpaired) electrons. The number of nitrogens with zero attached hydrogens (tertiary/aromatic N) is 1. The molecule has 1 heterocycles. The van der Waals surface area contributed by atoms with Crippen LogP contribution in [0.5, 0.6) is 0 Å². The van der Waals surface area contributed by atoms with E-state index in [9.17, 15) is 5.11 Å². The average Bonchev–Trinajstić information content (AvgIpc) is 2.33.